The number of fused-ring (bicyclic) bond motifs is 1. The Balaban J connectivity index is 1.92. The first-order valence-electron chi connectivity index (χ1n) is 8.44. The third-order valence-electron chi connectivity index (χ3n) is 4.64. The molecule has 9 heteroatoms. The zero-order valence-corrected chi connectivity index (χ0v) is 15.4. The molecule has 0 aliphatic rings. The number of pyridine rings is 1. The van der Waals surface area contributed by atoms with Gasteiger partial charge < -0.3 is 15.2 Å². The van der Waals surface area contributed by atoms with Crippen LogP contribution in [-0.2, 0) is 0 Å². The zero-order valence-electron chi connectivity index (χ0n) is 15.4. The van der Waals surface area contributed by atoms with Crippen LogP contribution in [0.4, 0.5) is 29.3 Å². The lowest BCUT2D eigenvalue weighted by atomic mass is 10.0. The molecule has 1 aromatic heterocycles. The number of rotatable bonds is 3. The predicted molar refractivity (Wildman–Crippen MR) is 102 cm³/mol. The number of carbonyl (C=O) groups is 1. The smallest absolute Gasteiger partial charge is 0.322 e. The minimum atomic E-state index is -1.15. The molecule has 0 bridgehead atoms. The van der Waals surface area contributed by atoms with Gasteiger partial charge in [0.15, 0.2) is 11.6 Å². The first-order chi connectivity index (χ1) is 13.7. The van der Waals surface area contributed by atoms with Crippen molar-refractivity contribution in [2.24, 2.45) is 0 Å². The summed E-state index contributed by atoms with van der Waals surface area (Å²) in [6.45, 7) is 8.57. The Morgan fingerprint density at radius 3 is 2.45 bits per heavy atom. The Labute approximate surface area is 163 Å². The van der Waals surface area contributed by atoms with Gasteiger partial charge in [-0.2, -0.15) is 0 Å². The molecule has 1 atom stereocenters. The van der Waals surface area contributed by atoms with E-state index in [4.69, 9.17) is 6.57 Å². The topological polar surface area (TPSA) is 69.6 Å². The monoisotopic (exact) mass is 400 g/mol. The van der Waals surface area contributed by atoms with E-state index in [1.165, 1.54) is 30.3 Å². The van der Waals surface area contributed by atoms with Gasteiger partial charge in [0, 0.05) is 18.9 Å². The summed E-state index contributed by atoms with van der Waals surface area (Å²) in [7, 11) is 1.47. The van der Waals surface area contributed by atoms with Crippen molar-refractivity contribution in [3.05, 3.63) is 81.3 Å². The van der Waals surface area contributed by atoms with E-state index >= 15 is 0 Å². The second kappa shape index (κ2) is 7.67. The van der Waals surface area contributed by atoms with Crippen LogP contribution in [0.15, 0.2) is 41.3 Å². The highest BCUT2D eigenvalue weighted by atomic mass is 19.2. The fourth-order valence-corrected chi connectivity index (χ4v) is 2.89. The second-order valence-corrected chi connectivity index (χ2v) is 6.38. The van der Waals surface area contributed by atoms with Crippen molar-refractivity contribution < 1.29 is 18.0 Å². The number of urea groups is 1. The van der Waals surface area contributed by atoms with Gasteiger partial charge in [0.1, 0.15) is 5.82 Å². The summed E-state index contributed by atoms with van der Waals surface area (Å²) in [6.07, 6.45) is 1.34. The molecule has 2 amide bonds. The number of aromatic nitrogens is 1. The molecule has 0 saturated carbocycles. The van der Waals surface area contributed by atoms with Crippen LogP contribution in [0.1, 0.15) is 18.5 Å². The number of H-pyrrole nitrogens is 1. The number of amides is 2. The van der Waals surface area contributed by atoms with E-state index in [0.717, 1.165) is 18.2 Å². The molecule has 6 nitrogen and oxygen atoms in total. The first-order valence-corrected chi connectivity index (χ1v) is 8.44. The summed E-state index contributed by atoms with van der Waals surface area (Å²) in [4.78, 5) is 31.3. The van der Waals surface area contributed by atoms with E-state index in [1.54, 1.807) is 6.92 Å². The highest BCUT2D eigenvalue weighted by molar-refractivity contribution is 5.91. The van der Waals surface area contributed by atoms with Crippen LogP contribution in [-0.4, -0.2) is 23.0 Å². The van der Waals surface area contributed by atoms with E-state index in [9.17, 15) is 22.8 Å². The van der Waals surface area contributed by atoms with Crippen molar-refractivity contribution in [1.29, 1.82) is 0 Å². The maximum absolute atomic E-state index is 13.7. The van der Waals surface area contributed by atoms with Crippen LogP contribution in [0, 0.1) is 24.0 Å². The molecule has 0 spiro atoms. The third-order valence-corrected chi connectivity index (χ3v) is 4.64. The normalized spacial score (nSPS) is 11.7. The number of aromatic amines is 1. The van der Waals surface area contributed by atoms with Crippen LogP contribution < -0.4 is 10.9 Å². The lowest BCUT2D eigenvalue weighted by molar-refractivity contribution is 0.208. The van der Waals surface area contributed by atoms with Gasteiger partial charge in [-0.3, -0.25) is 4.79 Å². The molecule has 0 aliphatic heterocycles. The summed E-state index contributed by atoms with van der Waals surface area (Å²) in [5.74, 6) is -2.96. The van der Waals surface area contributed by atoms with Gasteiger partial charge in [0.2, 0.25) is 5.69 Å². The molecule has 0 radical (unpaired) electrons. The van der Waals surface area contributed by atoms with Gasteiger partial charge in [0.05, 0.1) is 18.0 Å². The van der Waals surface area contributed by atoms with Gasteiger partial charge in [-0.05, 0) is 48.2 Å². The van der Waals surface area contributed by atoms with Gasteiger partial charge in [-0.15, -0.1) is 0 Å². The number of hydrogen-bond acceptors (Lipinski definition) is 2. The Hall–Kier alpha value is -3.80. The average Bonchev–Trinajstić information content (AvgIpc) is 2.70. The summed E-state index contributed by atoms with van der Waals surface area (Å²) in [5.41, 5.74) is -0.194. The fraction of sp³-hybridized carbons (Fsp3) is 0.150. The number of nitrogens with one attached hydrogen (secondary N) is 2. The zero-order chi connectivity index (χ0) is 21.3. The average molecular weight is 400 g/mol. The molecular weight excluding hydrogens is 385 g/mol. The van der Waals surface area contributed by atoms with Crippen molar-refractivity contribution in [1.82, 2.24) is 9.88 Å². The van der Waals surface area contributed by atoms with Crippen LogP contribution in [0.5, 0.6) is 0 Å². The highest BCUT2D eigenvalue weighted by Gasteiger charge is 2.21. The molecular formula is C20H15F3N4O2. The summed E-state index contributed by atoms with van der Waals surface area (Å²) >= 11 is 0. The molecule has 3 rings (SSSR count). The van der Waals surface area contributed by atoms with Crippen LogP contribution in [0.3, 0.4) is 0 Å². The third kappa shape index (κ3) is 3.78. The molecule has 1 unspecified atom stereocenters. The Kier molecular flexibility index (Phi) is 5.28. The minimum Gasteiger partial charge on any atom is -0.328 e. The molecule has 0 aliphatic carbocycles. The minimum absolute atomic E-state index is 0.0395. The van der Waals surface area contributed by atoms with Crippen molar-refractivity contribution in [3.8, 4) is 0 Å². The quantitative estimate of drug-likeness (QED) is 0.625. The molecule has 3 aromatic rings. The van der Waals surface area contributed by atoms with Gasteiger partial charge >= 0.3 is 6.03 Å². The standard InChI is InChI=1S/C20H15F3N4O2/c1-10(14-9-25-19(28)13-8-17(23)16(22)7-12(13)14)27(3)20(29)26-11-4-5-15(21)18(6-11)24-2/h4-10H,1,3H3,(H,25,28)(H,26,29). The number of carbonyl (C=O) groups excluding carboxylic acids is 1. The summed E-state index contributed by atoms with van der Waals surface area (Å²) < 4.78 is 40.7. The predicted octanol–water partition coefficient (Wildman–Crippen LogP) is 4.72. The van der Waals surface area contributed by atoms with E-state index in [-0.39, 0.29) is 22.1 Å². The molecule has 0 saturated heterocycles. The molecule has 2 N–H and O–H groups in total. The summed E-state index contributed by atoms with van der Waals surface area (Å²) in [6, 6.07) is 4.09. The van der Waals surface area contributed by atoms with Crippen LogP contribution >= 0.6 is 0 Å². The second-order valence-electron chi connectivity index (χ2n) is 6.38. The van der Waals surface area contributed by atoms with E-state index in [1.807, 2.05) is 0 Å². The number of nitrogens with zero attached hydrogens (tertiary/aromatic N) is 2. The van der Waals surface area contributed by atoms with Crippen molar-refractivity contribution in [2.75, 3.05) is 12.4 Å². The maximum atomic E-state index is 13.7. The van der Waals surface area contributed by atoms with Crippen LogP contribution in [0.2, 0.25) is 0 Å². The molecule has 2 aromatic carbocycles. The van der Waals surface area contributed by atoms with Crippen LogP contribution in [0.25, 0.3) is 15.6 Å². The van der Waals surface area contributed by atoms with Gasteiger partial charge in [-0.1, -0.05) is 0 Å². The molecule has 0 fully saturated rings. The van der Waals surface area contributed by atoms with Crippen molar-refractivity contribution in [3.63, 3.8) is 0 Å². The van der Waals surface area contributed by atoms with E-state index in [0.29, 0.717) is 5.56 Å². The van der Waals surface area contributed by atoms with Gasteiger partial charge in [0.25, 0.3) is 5.56 Å². The number of anilines is 1. The molecule has 1 heterocycles. The Morgan fingerprint density at radius 1 is 1.14 bits per heavy atom. The van der Waals surface area contributed by atoms with E-state index in [2.05, 4.69) is 15.1 Å². The fourth-order valence-electron chi connectivity index (χ4n) is 2.89. The van der Waals surface area contributed by atoms with Crippen molar-refractivity contribution in [2.45, 2.75) is 13.0 Å². The SMILES string of the molecule is [C-]#[N+]c1cc(NC(=O)N(C)C(C)c2c[nH]c(=O)c3cc(F)c(F)cc23)ccc1F. The lowest BCUT2D eigenvalue weighted by Crippen LogP contribution is -2.34. The van der Waals surface area contributed by atoms with Gasteiger partial charge in [-0.25, -0.2) is 22.8 Å². The Morgan fingerprint density at radius 2 is 1.79 bits per heavy atom. The number of benzene rings is 2. The maximum Gasteiger partial charge on any atom is 0.322 e. The molecule has 29 heavy (non-hydrogen) atoms. The first kappa shape index (κ1) is 19.9. The summed E-state index contributed by atoms with van der Waals surface area (Å²) in [5, 5.41) is 2.68. The Bertz CT molecular complexity index is 1220. The number of halogens is 3. The lowest BCUT2D eigenvalue weighted by Gasteiger charge is -2.26. The van der Waals surface area contributed by atoms with Crippen molar-refractivity contribution >= 4 is 28.2 Å². The highest BCUT2D eigenvalue weighted by Crippen LogP contribution is 2.28. The number of hydrogen-bond donors (Lipinski definition) is 2. The van der Waals surface area contributed by atoms with E-state index < -0.39 is 35.1 Å². The molecule has 148 valence electrons. The largest absolute Gasteiger partial charge is 0.328 e.